The Morgan fingerprint density at radius 2 is 1.88 bits per heavy atom. The minimum atomic E-state index is -0.0554. The number of ether oxygens (including phenoxy) is 3. The molecule has 0 aromatic rings. The molecule has 1 heterocycles. The molecule has 1 fully saturated rings. The van der Waals surface area contributed by atoms with Gasteiger partial charge < -0.3 is 30.2 Å². The van der Waals surface area contributed by atoms with Gasteiger partial charge in [0.15, 0.2) is 0 Å². The van der Waals surface area contributed by atoms with Gasteiger partial charge in [-0.1, -0.05) is 6.42 Å². The van der Waals surface area contributed by atoms with Gasteiger partial charge in [-0.3, -0.25) is 9.59 Å². The number of rotatable bonds is 15. The van der Waals surface area contributed by atoms with E-state index in [9.17, 15) is 9.59 Å². The van der Waals surface area contributed by atoms with Crippen molar-refractivity contribution in [2.45, 2.75) is 44.6 Å². The van der Waals surface area contributed by atoms with E-state index >= 15 is 0 Å². The normalized spacial score (nSPS) is 16.8. The topological polar surface area (TPSA) is 103 Å². The summed E-state index contributed by atoms with van der Waals surface area (Å²) in [5, 5.41) is 2.93. The Kier molecular flexibility index (Phi) is 13.1. The summed E-state index contributed by atoms with van der Waals surface area (Å²) in [7, 11) is 1.62. The molecule has 0 aromatic carbocycles. The molecule has 1 saturated heterocycles. The number of amides is 2. The fourth-order valence-electron chi connectivity index (χ4n) is 2.94. The molecule has 8 heteroatoms. The van der Waals surface area contributed by atoms with E-state index in [1.165, 1.54) is 0 Å². The molecular weight excluding hydrogens is 338 g/mol. The van der Waals surface area contributed by atoms with E-state index in [1.54, 1.807) is 12.0 Å². The van der Waals surface area contributed by atoms with Crippen LogP contribution in [0.3, 0.4) is 0 Å². The molecule has 1 aliphatic heterocycles. The molecule has 1 atom stereocenters. The molecular formula is C18H35N3O5. The molecule has 0 bridgehead atoms. The maximum Gasteiger partial charge on any atom is 0.248 e. The number of nitrogens with zero attached hydrogens (tertiary/aromatic N) is 1. The molecule has 3 N–H and O–H groups in total. The van der Waals surface area contributed by atoms with Gasteiger partial charge in [-0.2, -0.15) is 0 Å². The molecule has 2 amide bonds. The van der Waals surface area contributed by atoms with Crippen LogP contribution in [0.5, 0.6) is 0 Å². The van der Waals surface area contributed by atoms with Crippen LogP contribution in [0.2, 0.25) is 0 Å². The highest BCUT2D eigenvalue weighted by Gasteiger charge is 2.30. The van der Waals surface area contributed by atoms with Crippen molar-refractivity contribution in [3.8, 4) is 0 Å². The third kappa shape index (κ3) is 10.1. The third-order valence-electron chi connectivity index (χ3n) is 4.35. The Morgan fingerprint density at radius 3 is 2.65 bits per heavy atom. The fourth-order valence-corrected chi connectivity index (χ4v) is 2.94. The number of nitrogens with two attached hydrogens (primary N) is 1. The Bertz CT molecular complexity index is 395. The second kappa shape index (κ2) is 14.9. The van der Waals surface area contributed by atoms with Crippen LogP contribution in [-0.2, 0) is 23.8 Å². The first-order valence-electron chi connectivity index (χ1n) is 9.59. The minimum absolute atomic E-state index is 0.00918. The SMILES string of the molecule is COCCOCCOCC(=O)N1CCCC1CC(=O)NCCCCCN. The van der Waals surface area contributed by atoms with Gasteiger partial charge in [-0.15, -0.1) is 0 Å². The summed E-state index contributed by atoms with van der Waals surface area (Å²) >= 11 is 0. The first-order chi connectivity index (χ1) is 12.7. The van der Waals surface area contributed by atoms with E-state index < -0.39 is 0 Å². The van der Waals surface area contributed by atoms with Crippen molar-refractivity contribution in [2.75, 3.05) is 59.8 Å². The van der Waals surface area contributed by atoms with E-state index in [4.69, 9.17) is 19.9 Å². The molecule has 0 saturated carbocycles. The van der Waals surface area contributed by atoms with Crippen molar-refractivity contribution >= 4 is 11.8 Å². The van der Waals surface area contributed by atoms with Crippen molar-refractivity contribution in [3.63, 3.8) is 0 Å². The first-order valence-corrected chi connectivity index (χ1v) is 9.59. The zero-order valence-electron chi connectivity index (χ0n) is 16.0. The standard InChI is InChI=1S/C18H35N3O5/c1-24-10-11-25-12-13-26-15-18(23)21-9-5-6-16(21)14-17(22)20-8-4-2-3-7-19/h16H,2-15,19H2,1H3,(H,20,22). The molecule has 1 rings (SSSR count). The van der Waals surface area contributed by atoms with E-state index in [0.717, 1.165) is 32.1 Å². The molecule has 8 nitrogen and oxygen atoms in total. The largest absolute Gasteiger partial charge is 0.382 e. The Hall–Kier alpha value is -1.22. The monoisotopic (exact) mass is 373 g/mol. The highest BCUT2D eigenvalue weighted by Crippen LogP contribution is 2.20. The number of unbranched alkanes of at least 4 members (excludes halogenated alkanes) is 2. The molecule has 1 unspecified atom stereocenters. The van der Waals surface area contributed by atoms with Crippen molar-refractivity contribution in [2.24, 2.45) is 5.73 Å². The van der Waals surface area contributed by atoms with Gasteiger partial charge in [0.2, 0.25) is 11.8 Å². The average Bonchev–Trinajstić information content (AvgIpc) is 3.08. The van der Waals surface area contributed by atoms with Crippen molar-refractivity contribution in [1.82, 2.24) is 10.2 Å². The quantitative estimate of drug-likeness (QED) is 0.400. The van der Waals surface area contributed by atoms with Crippen LogP contribution in [0.4, 0.5) is 0 Å². The van der Waals surface area contributed by atoms with Crippen molar-refractivity contribution in [1.29, 1.82) is 0 Å². The Labute approximate surface area is 156 Å². The maximum atomic E-state index is 12.3. The van der Waals surface area contributed by atoms with Crippen LogP contribution < -0.4 is 11.1 Å². The third-order valence-corrected chi connectivity index (χ3v) is 4.35. The lowest BCUT2D eigenvalue weighted by Gasteiger charge is -2.24. The summed E-state index contributed by atoms with van der Waals surface area (Å²) in [6.07, 6.45) is 5.11. The predicted octanol–water partition coefficient (Wildman–Crippen LogP) is 0.292. The number of hydrogen-bond donors (Lipinski definition) is 2. The summed E-state index contributed by atoms with van der Waals surface area (Å²) in [4.78, 5) is 26.1. The lowest BCUT2D eigenvalue weighted by molar-refractivity contribution is -0.138. The first kappa shape index (κ1) is 22.8. The fraction of sp³-hybridized carbons (Fsp3) is 0.889. The molecule has 0 aromatic heterocycles. The highest BCUT2D eigenvalue weighted by molar-refractivity contribution is 5.80. The van der Waals surface area contributed by atoms with Gasteiger partial charge in [-0.05, 0) is 32.2 Å². The van der Waals surface area contributed by atoms with Gasteiger partial charge in [0.05, 0.1) is 26.4 Å². The van der Waals surface area contributed by atoms with Gasteiger partial charge in [0, 0.05) is 32.7 Å². The number of hydrogen-bond acceptors (Lipinski definition) is 6. The predicted molar refractivity (Wildman–Crippen MR) is 98.8 cm³/mol. The van der Waals surface area contributed by atoms with Crippen LogP contribution in [0.25, 0.3) is 0 Å². The number of methoxy groups -OCH3 is 1. The summed E-state index contributed by atoms with van der Waals surface area (Å²) in [5.74, 6) is -0.0463. The van der Waals surface area contributed by atoms with E-state index in [1.807, 2.05) is 0 Å². The Balaban J connectivity index is 2.16. The minimum Gasteiger partial charge on any atom is -0.382 e. The van der Waals surface area contributed by atoms with Crippen LogP contribution in [0, 0.1) is 0 Å². The van der Waals surface area contributed by atoms with E-state index in [0.29, 0.717) is 52.5 Å². The zero-order chi connectivity index (χ0) is 19.0. The second-order valence-corrected chi connectivity index (χ2v) is 6.44. The van der Waals surface area contributed by atoms with Crippen LogP contribution in [-0.4, -0.2) is 82.5 Å². The smallest absolute Gasteiger partial charge is 0.248 e. The number of nitrogens with one attached hydrogen (secondary N) is 1. The molecule has 0 radical (unpaired) electrons. The zero-order valence-corrected chi connectivity index (χ0v) is 16.0. The molecule has 26 heavy (non-hydrogen) atoms. The summed E-state index contributed by atoms with van der Waals surface area (Å²) < 4.78 is 15.5. The van der Waals surface area contributed by atoms with Gasteiger partial charge in [0.1, 0.15) is 6.61 Å². The summed E-state index contributed by atoms with van der Waals surface area (Å²) in [5.41, 5.74) is 5.45. The molecule has 0 spiro atoms. The lowest BCUT2D eigenvalue weighted by Crippen LogP contribution is -2.41. The van der Waals surface area contributed by atoms with Crippen LogP contribution in [0.1, 0.15) is 38.5 Å². The summed E-state index contributed by atoms with van der Waals surface area (Å²) in [6.45, 7) is 3.96. The number of carbonyl (C=O) groups excluding carboxylic acids is 2. The van der Waals surface area contributed by atoms with Crippen LogP contribution in [0.15, 0.2) is 0 Å². The molecule has 1 aliphatic rings. The summed E-state index contributed by atoms with van der Waals surface area (Å²) in [6, 6.07) is -0.0203. The van der Waals surface area contributed by atoms with E-state index in [-0.39, 0.29) is 24.5 Å². The molecule has 0 aliphatic carbocycles. The highest BCUT2D eigenvalue weighted by atomic mass is 16.5. The second-order valence-electron chi connectivity index (χ2n) is 6.44. The van der Waals surface area contributed by atoms with E-state index in [2.05, 4.69) is 5.32 Å². The van der Waals surface area contributed by atoms with Gasteiger partial charge >= 0.3 is 0 Å². The van der Waals surface area contributed by atoms with Gasteiger partial charge in [-0.25, -0.2) is 0 Å². The Morgan fingerprint density at radius 1 is 1.12 bits per heavy atom. The molecule has 152 valence electrons. The number of likely N-dealkylation sites (tertiary alicyclic amines) is 1. The van der Waals surface area contributed by atoms with Crippen molar-refractivity contribution in [3.05, 3.63) is 0 Å². The van der Waals surface area contributed by atoms with Crippen molar-refractivity contribution < 1.29 is 23.8 Å². The maximum absolute atomic E-state index is 12.3. The van der Waals surface area contributed by atoms with Gasteiger partial charge in [0.25, 0.3) is 0 Å². The number of carbonyl (C=O) groups is 2. The lowest BCUT2D eigenvalue weighted by atomic mass is 10.1. The van der Waals surface area contributed by atoms with Crippen LogP contribution >= 0.6 is 0 Å². The average molecular weight is 373 g/mol.